The molecule has 0 aliphatic carbocycles. The predicted molar refractivity (Wildman–Crippen MR) is 45.2 cm³/mol. The van der Waals surface area contributed by atoms with E-state index in [1.807, 2.05) is 0 Å². The quantitative estimate of drug-likeness (QED) is 0.477. The lowest BCUT2D eigenvalue weighted by atomic mass is 10.3. The predicted octanol–water partition coefficient (Wildman–Crippen LogP) is 2.15. The maximum atomic E-state index is 8.39. The van der Waals surface area contributed by atoms with Crippen LogP contribution in [0.2, 0.25) is 0 Å². The first-order valence-corrected chi connectivity index (χ1v) is 3.51. The summed E-state index contributed by atoms with van der Waals surface area (Å²) in [5, 5.41) is 3.01. The van der Waals surface area contributed by atoms with Gasteiger partial charge in [-0.1, -0.05) is 6.07 Å². The van der Waals surface area contributed by atoms with Crippen LogP contribution in [0.3, 0.4) is 0 Å². The van der Waals surface area contributed by atoms with Gasteiger partial charge >= 0.3 is 0 Å². The van der Waals surface area contributed by atoms with E-state index in [-0.39, 0.29) is 0 Å². The molecule has 1 radical (unpaired) electrons. The fourth-order valence-electron chi connectivity index (χ4n) is 0.600. The third kappa shape index (κ3) is 1.33. The third-order valence-corrected chi connectivity index (χ3v) is 2.12. The summed E-state index contributed by atoms with van der Waals surface area (Å²) >= 11 is 8.14. The summed E-state index contributed by atoms with van der Waals surface area (Å²) in [6, 6.07) is 5.18. The van der Waals surface area contributed by atoms with Gasteiger partial charge in [-0.2, -0.15) is 0 Å². The van der Waals surface area contributed by atoms with Gasteiger partial charge in [-0.3, -0.25) is 0 Å². The van der Waals surface area contributed by atoms with Gasteiger partial charge in [0.05, 0.1) is 0 Å². The van der Waals surface area contributed by atoms with Gasteiger partial charge in [-0.15, -0.1) is 30.4 Å². The molecule has 0 heterocycles. The normalized spacial score (nSPS) is 9.40. The molecule has 0 spiro atoms. The van der Waals surface area contributed by atoms with E-state index in [0.29, 0.717) is 15.5 Å². The van der Waals surface area contributed by atoms with Crippen LogP contribution in [0.25, 0.3) is 0 Å². The standard InChI is InChI=1S/C6H5N2S2/c7-8-4-2-1-3-5(9)6(4)10/h1-3,9-10H. The molecular weight excluding hydrogens is 164 g/mol. The Morgan fingerprint density at radius 1 is 1.30 bits per heavy atom. The van der Waals surface area contributed by atoms with Gasteiger partial charge in [0.25, 0.3) is 0 Å². The molecule has 0 unspecified atom stereocenters. The molecule has 0 aliphatic rings. The van der Waals surface area contributed by atoms with E-state index in [9.17, 15) is 0 Å². The number of benzene rings is 1. The van der Waals surface area contributed by atoms with Gasteiger partial charge in [0, 0.05) is 9.79 Å². The van der Waals surface area contributed by atoms with E-state index in [1.54, 1.807) is 18.2 Å². The van der Waals surface area contributed by atoms with Crippen molar-refractivity contribution in [2.24, 2.45) is 5.11 Å². The van der Waals surface area contributed by atoms with Gasteiger partial charge in [0.15, 0.2) is 0 Å². The molecule has 0 bridgehead atoms. The molecule has 0 aliphatic heterocycles. The Morgan fingerprint density at radius 2 is 2.00 bits per heavy atom. The molecule has 0 saturated carbocycles. The van der Waals surface area contributed by atoms with E-state index in [4.69, 9.17) is 5.53 Å². The molecule has 2 nitrogen and oxygen atoms in total. The third-order valence-electron chi connectivity index (χ3n) is 1.10. The summed E-state index contributed by atoms with van der Waals surface area (Å²) in [6.45, 7) is 0. The van der Waals surface area contributed by atoms with E-state index in [0.717, 1.165) is 0 Å². The molecule has 10 heavy (non-hydrogen) atoms. The molecule has 51 valence electrons. The van der Waals surface area contributed by atoms with Crippen molar-refractivity contribution in [3.8, 4) is 0 Å². The van der Waals surface area contributed by atoms with Crippen molar-refractivity contribution >= 4 is 30.9 Å². The lowest BCUT2D eigenvalue weighted by Crippen LogP contribution is -1.71. The van der Waals surface area contributed by atoms with Crippen LogP contribution < -0.4 is 5.53 Å². The Bertz CT molecular complexity index is 260. The van der Waals surface area contributed by atoms with E-state index < -0.39 is 0 Å². The second-order valence-electron chi connectivity index (χ2n) is 1.74. The van der Waals surface area contributed by atoms with Gasteiger partial charge in [-0.05, 0) is 17.7 Å². The first kappa shape index (κ1) is 7.63. The van der Waals surface area contributed by atoms with Crippen LogP contribution in [0.1, 0.15) is 0 Å². The minimum absolute atomic E-state index is 0.441. The van der Waals surface area contributed by atoms with Crippen molar-refractivity contribution in [1.29, 1.82) is 0 Å². The highest BCUT2D eigenvalue weighted by molar-refractivity contribution is 7.83. The zero-order valence-electron chi connectivity index (χ0n) is 5.02. The zero-order chi connectivity index (χ0) is 7.56. The van der Waals surface area contributed by atoms with E-state index >= 15 is 0 Å². The molecule has 0 atom stereocenters. The van der Waals surface area contributed by atoms with Crippen LogP contribution in [0.5, 0.6) is 0 Å². The van der Waals surface area contributed by atoms with Crippen molar-refractivity contribution in [2.45, 2.75) is 9.79 Å². The molecule has 1 aromatic carbocycles. The molecule has 0 saturated heterocycles. The molecule has 0 N–H and O–H groups in total. The molecular formula is C6H5N2S2. The van der Waals surface area contributed by atoms with E-state index in [2.05, 4.69) is 30.4 Å². The minimum atomic E-state index is 0.441. The largest absolute Gasteiger partial charge is 0.142 e. The topological polar surface area (TPSA) is 34.7 Å². The Balaban J connectivity index is 3.27. The first-order valence-electron chi connectivity index (χ1n) is 2.61. The average molecular weight is 169 g/mol. The number of hydrogen-bond donors (Lipinski definition) is 2. The monoisotopic (exact) mass is 169 g/mol. The second kappa shape index (κ2) is 3.07. The van der Waals surface area contributed by atoms with Crippen molar-refractivity contribution in [3.63, 3.8) is 0 Å². The van der Waals surface area contributed by atoms with Crippen LogP contribution in [0, 0.1) is 0 Å². The highest BCUT2D eigenvalue weighted by atomic mass is 32.1. The lowest BCUT2D eigenvalue weighted by Gasteiger charge is -1.97. The Hall–Kier alpha value is -0.480. The lowest BCUT2D eigenvalue weighted by molar-refractivity contribution is 1.18. The molecule has 0 amide bonds. The summed E-state index contributed by atoms with van der Waals surface area (Å²) in [5.41, 5.74) is 8.83. The maximum Gasteiger partial charge on any atom is 0.102 e. The zero-order valence-corrected chi connectivity index (χ0v) is 6.81. The molecule has 1 rings (SSSR count). The smallest absolute Gasteiger partial charge is 0.102 e. The molecule has 1 aromatic rings. The fraction of sp³-hybridized carbons (Fsp3) is 0. The summed E-state index contributed by atoms with van der Waals surface area (Å²) in [7, 11) is 0. The summed E-state index contributed by atoms with van der Waals surface area (Å²) in [6.07, 6.45) is 0. The number of nitrogens with zero attached hydrogens (tertiary/aromatic N) is 2. The Labute approximate surface area is 70.0 Å². The fourth-order valence-corrected chi connectivity index (χ4v) is 0.995. The number of rotatable bonds is 1. The van der Waals surface area contributed by atoms with Crippen molar-refractivity contribution in [1.82, 2.24) is 5.53 Å². The second-order valence-corrected chi connectivity index (χ2v) is 2.67. The highest BCUT2D eigenvalue weighted by Crippen LogP contribution is 2.27. The maximum absolute atomic E-state index is 8.39. The Kier molecular flexibility index (Phi) is 2.34. The summed E-state index contributed by atoms with van der Waals surface area (Å²) in [4.78, 5) is 1.30. The van der Waals surface area contributed by atoms with Gasteiger partial charge in [-0.25, -0.2) is 0 Å². The van der Waals surface area contributed by atoms with E-state index in [1.165, 1.54) is 0 Å². The van der Waals surface area contributed by atoms with Crippen LogP contribution >= 0.6 is 25.3 Å². The SMILES string of the molecule is [N]=Nc1cccc(S)c1S. The van der Waals surface area contributed by atoms with Crippen molar-refractivity contribution in [3.05, 3.63) is 18.2 Å². The van der Waals surface area contributed by atoms with Crippen molar-refractivity contribution in [2.75, 3.05) is 0 Å². The molecule has 4 heteroatoms. The first-order chi connectivity index (χ1) is 4.75. The highest BCUT2D eigenvalue weighted by Gasteiger charge is 1.98. The number of hydrogen-bond acceptors (Lipinski definition) is 3. The van der Waals surface area contributed by atoms with Crippen LogP contribution in [-0.2, 0) is 0 Å². The average Bonchev–Trinajstić information content (AvgIpc) is 1.95. The Morgan fingerprint density at radius 3 is 2.50 bits per heavy atom. The van der Waals surface area contributed by atoms with Gasteiger partial charge in [0.1, 0.15) is 5.69 Å². The minimum Gasteiger partial charge on any atom is -0.142 e. The van der Waals surface area contributed by atoms with Crippen LogP contribution in [-0.4, -0.2) is 0 Å². The van der Waals surface area contributed by atoms with Crippen LogP contribution in [0.15, 0.2) is 33.1 Å². The molecule has 0 fully saturated rings. The van der Waals surface area contributed by atoms with Crippen LogP contribution in [0.4, 0.5) is 5.69 Å². The molecule has 0 aromatic heterocycles. The number of thiol groups is 2. The summed E-state index contributed by atoms with van der Waals surface area (Å²) in [5.74, 6) is 0. The summed E-state index contributed by atoms with van der Waals surface area (Å²) < 4.78 is 0. The van der Waals surface area contributed by atoms with Crippen molar-refractivity contribution < 1.29 is 0 Å². The van der Waals surface area contributed by atoms with Gasteiger partial charge < -0.3 is 0 Å². The van der Waals surface area contributed by atoms with Gasteiger partial charge in [0.2, 0.25) is 0 Å².